The maximum atomic E-state index is 6.07. The molecule has 5 nitrogen and oxygen atoms in total. The maximum Gasteiger partial charge on any atom is 0.138 e. The standard InChI is InChI=1S/C25H26ClN5S/c26-20-9-7-19(8-10-20)22-17-32-25-23(22)24(28-18-29-25)27-11-4-12-30-13-15-31(16-14-30)21-5-2-1-3-6-21/h1-3,5-10,17-18H,4,11-16H2,(H,27,28,29). The lowest BCUT2D eigenvalue weighted by atomic mass is 10.1. The Labute approximate surface area is 197 Å². The first-order valence-corrected chi connectivity index (χ1v) is 12.3. The molecular formula is C25H26ClN5S. The van der Waals surface area contributed by atoms with Crippen LogP contribution < -0.4 is 10.2 Å². The molecule has 0 amide bonds. The molecule has 1 saturated heterocycles. The summed E-state index contributed by atoms with van der Waals surface area (Å²) in [5.41, 5.74) is 3.62. The second kappa shape index (κ2) is 9.86. The molecule has 0 atom stereocenters. The highest BCUT2D eigenvalue weighted by Gasteiger charge is 2.17. The molecule has 0 bridgehead atoms. The zero-order chi connectivity index (χ0) is 21.8. The normalized spacial score (nSPS) is 14.7. The molecule has 0 radical (unpaired) electrons. The van der Waals surface area contributed by atoms with Crippen LogP contribution >= 0.6 is 22.9 Å². The second-order valence-electron chi connectivity index (χ2n) is 8.00. The van der Waals surface area contributed by atoms with Gasteiger partial charge in [0.25, 0.3) is 0 Å². The average molecular weight is 464 g/mol. The van der Waals surface area contributed by atoms with Crippen molar-refractivity contribution in [3.05, 3.63) is 71.3 Å². The molecule has 2 aromatic heterocycles. The van der Waals surface area contributed by atoms with Gasteiger partial charge in [-0.3, -0.25) is 4.90 Å². The highest BCUT2D eigenvalue weighted by atomic mass is 35.5. The van der Waals surface area contributed by atoms with Crippen molar-refractivity contribution in [3.63, 3.8) is 0 Å². The third-order valence-corrected chi connectivity index (χ3v) is 7.10. The first-order valence-electron chi connectivity index (χ1n) is 11.0. The van der Waals surface area contributed by atoms with Gasteiger partial charge in [-0.25, -0.2) is 9.97 Å². The van der Waals surface area contributed by atoms with Crippen LogP contribution in [0.2, 0.25) is 5.02 Å². The van der Waals surface area contributed by atoms with Gasteiger partial charge in [-0.2, -0.15) is 0 Å². The van der Waals surface area contributed by atoms with Crippen LogP contribution in [0.3, 0.4) is 0 Å². The molecule has 5 rings (SSSR count). The summed E-state index contributed by atoms with van der Waals surface area (Å²) in [6.45, 7) is 6.38. The highest BCUT2D eigenvalue weighted by Crippen LogP contribution is 2.36. The topological polar surface area (TPSA) is 44.3 Å². The number of fused-ring (bicyclic) bond motifs is 1. The molecular weight excluding hydrogens is 438 g/mol. The predicted octanol–water partition coefficient (Wildman–Crippen LogP) is 5.64. The van der Waals surface area contributed by atoms with Crippen molar-refractivity contribution in [2.45, 2.75) is 6.42 Å². The highest BCUT2D eigenvalue weighted by molar-refractivity contribution is 7.17. The number of hydrogen-bond acceptors (Lipinski definition) is 6. The molecule has 0 spiro atoms. The molecule has 2 aromatic carbocycles. The van der Waals surface area contributed by atoms with Gasteiger partial charge in [0.1, 0.15) is 17.0 Å². The SMILES string of the molecule is Clc1ccc(-c2csc3ncnc(NCCCN4CCN(c5ccccc5)CC4)c23)cc1. The third-order valence-electron chi connectivity index (χ3n) is 5.96. The van der Waals surface area contributed by atoms with Crippen molar-refractivity contribution in [1.82, 2.24) is 14.9 Å². The van der Waals surface area contributed by atoms with Crippen LogP contribution in [0.5, 0.6) is 0 Å². The van der Waals surface area contributed by atoms with Gasteiger partial charge in [-0.05, 0) is 42.8 Å². The smallest absolute Gasteiger partial charge is 0.138 e. The van der Waals surface area contributed by atoms with Crippen LogP contribution in [0.4, 0.5) is 11.5 Å². The number of thiophene rings is 1. The fourth-order valence-corrected chi connectivity index (χ4v) is 5.27. The Morgan fingerprint density at radius 1 is 0.938 bits per heavy atom. The van der Waals surface area contributed by atoms with Crippen LogP contribution in [0, 0.1) is 0 Å². The number of para-hydroxylation sites is 1. The zero-order valence-corrected chi connectivity index (χ0v) is 19.4. The molecule has 164 valence electrons. The van der Waals surface area contributed by atoms with Crippen LogP contribution in [0.25, 0.3) is 21.3 Å². The minimum atomic E-state index is 0.743. The van der Waals surface area contributed by atoms with E-state index in [4.69, 9.17) is 11.6 Å². The van der Waals surface area contributed by atoms with Crippen molar-refractivity contribution in [2.75, 3.05) is 49.5 Å². The van der Waals surface area contributed by atoms with Crippen LogP contribution in [-0.4, -0.2) is 54.1 Å². The van der Waals surface area contributed by atoms with Crippen LogP contribution in [0.1, 0.15) is 6.42 Å². The van der Waals surface area contributed by atoms with E-state index in [0.717, 1.165) is 77.9 Å². The summed E-state index contributed by atoms with van der Waals surface area (Å²) in [6.07, 6.45) is 2.73. The van der Waals surface area contributed by atoms with Gasteiger partial charge in [0.05, 0.1) is 5.39 Å². The molecule has 1 fully saturated rings. The molecule has 0 saturated carbocycles. The fraction of sp³-hybridized carbons (Fsp3) is 0.280. The maximum absolute atomic E-state index is 6.07. The third kappa shape index (κ3) is 4.72. The summed E-state index contributed by atoms with van der Waals surface area (Å²) in [5, 5.41) is 7.55. The number of benzene rings is 2. The van der Waals surface area contributed by atoms with Crippen molar-refractivity contribution in [2.24, 2.45) is 0 Å². The van der Waals surface area contributed by atoms with Crippen molar-refractivity contribution in [3.8, 4) is 11.1 Å². The quantitative estimate of drug-likeness (QED) is 0.359. The average Bonchev–Trinajstić information content (AvgIpc) is 3.28. The van der Waals surface area contributed by atoms with E-state index in [1.807, 2.05) is 12.1 Å². The Morgan fingerprint density at radius 3 is 2.50 bits per heavy atom. The number of halogens is 1. The molecule has 3 heterocycles. The van der Waals surface area contributed by atoms with Gasteiger partial charge >= 0.3 is 0 Å². The fourth-order valence-electron chi connectivity index (χ4n) is 4.23. The summed E-state index contributed by atoms with van der Waals surface area (Å²) in [4.78, 5) is 15.1. The van der Waals surface area contributed by atoms with Crippen molar-refractivity contribution < 1.29 is 0 Å². The Kier molecular flexibility index (Phi) is 6.53. The molecule has 1 N–H and O–H groups in total. The van der Waals surface area contributed by atoms with Gasteiger partial charge < -0.3 is 10.2 Å². The van der Waals surface area contributed by atoms with E-state index in [0.29, 0.717) is 0 Å². The van der Waals surface area contributed by atoms with E-state index in [1.165, 1.54) is 5.69 Å². The molecule has 32 heavy (non-hydrogen) atoms. The molecule has 0 aliphatic carbocycles. The first kappa shape index (κ1) is 21.2. The lowest BCUT2D eigenvalue weighted by molar-refractivity contribution is 0.257. The Bertz CT molecular complexity index is 1150. The monoisotopic (exact) mass is 463 g/mol. The number of aromatic nitrogens is 2. The minimum Gasteiger partial charge on any atom is -0.369 e. The summed E-state index contributed by atoms with van der Waals surface area (Å²) in [6, 6.07) is 18.7. The van der Waals surface area contributed by atoms with Gasteiger partial charge in [0.15, 0.2) is 0 Å². The number of anilines is 2. The minimum absolute atomic E-state index is 0.743. The van der Waals surface area contributed by atoms with E-state index < -0.39 is 0 Å². The van der Waals surface area contributed by atoms with Gasteiger partial charge in [-0.1, -0.05) is 41.9 Å². The number of nitrogens with zero attached hydrogens (tertiary/aromatic N) is 4. The molecule has 7 heteroatoms. The lowest BCUT2D eigenvalue weighted by Crippen LogP contribution is -2.46. The van der Waals surface area contributed by atoms with E-state index in [-0.39, 0.29) is 0 Å². The molecule has 1 aliphatic heterocycles. The van der Waals surface area contributed by atoms with Gasteiger partial charge in [0.2, 0.25) is 0 Å². The lowest BCUT2D eigenvalue weighted by Gasteiger charge is -2.36. The van der Waals surface area contributed by atoms with Gasteiger partial charge in [0, 0.05) is 54.4 Å². The van der Waals surface area contributed by atoms with Crippen LogP contribution in [0.15, 0.2) is 66.3 Å². The molecule has 1 aliphatic rings. The summed E-state index contributed by atoms with van der Waals surface area (Å²) >= 11 is 7.72. The molecule has 0 unspecified atom stereocenters. The number of hydrogen-bond donors (Lipinski definition) is 1. The predicted molar refractivity (Wildman–Crippen MR) is 136 cm³/mol. The van der Waals surface area contributed by atoms with E-state index in [2.05, 4.69) is 72.9 Å². The summed E-state index contributed by atoms with van der Waals surface area (Å²) in [7, 11) is 0. The van der Waals surface area contributed by atoms with Gasteiger partial charge in [-0.15, -0.1) is 11.3 Å². The van der Waals surface area contributed by atoms with E-state index >= 15 is 0 Å². The number of nitrogens with one attached hydrogen (secondary N) is 1. The van der Waals surface area contributed by atoms with Crippen molar-refractivity contribution in [1.29, 1.82) is 0 Å². The number of rotatable bonds is 7. The Morgan fingerprint density at radius 2 is 1.72 bits per heavy atom. The first-order chi connectivity index (χ1) is 15.8. The Hall–Kier alpha value is -2.67. The largest absolute Gasteiger partial charge is 0.369 e. The van der Waals surface area contributed by atoms with E-state index in [1.54, 1.807) is 17.7 Å². The Balaban J connectivity index is 1.17. The van der Waals surface area contributed by atoms with E-state index in [9.17, 15) is 0 Å². The summed E-state index contributed by atoms with van der Waals surface area (Å²) in [5.74, 6) is 0.912. The van der Waals surface area contributed by atoms with Crippen molar-refractivity contribution >= 4 is 44.7 Å². The number of piperazine rings is 1. The molecule has 4 aromatic rings. The van der Waals surface area contributed by atoms with Crippen LogP contribution in [-0.2, 0) is 0 Å². The zero-order valence-electron chi connectivity index (χ0n) is 17.9. The second-order valence-corrected chi connectivity index (χ2v) is 9.30. The summed E-state index contributed by atoms with van der Waals surface area (Å²) < 4.78 is 0.